The molecule has 0 heterocycles. The summed E-state index contributed by atoms with van der Waals surface area (Å²) in [6.07, 6.45) is -3.74. The molecular weight excluding hydrogens is 205 g/mol. The van der Waals surface area contributed by atoms with Gasteiger partial charge in [0.2, 0.25) is 0 Å². The van der Waals surface area contributed by atoms with E-state index in [4.69, 9.17) is 0 Å². The van der Waals surface area contributed by atoms with Crippen molar-refractivity contribution in [3.63, 3.8) is 0 Å². The number of halogens is 3. The first-order valence-corrected chi connectivity index (χ1v) is 5.34. The standard InChI is InChI=1S/C10H21F3N2/c1-4-9(2)14-6-8-15(3)7-5-10(11,12)13/h9,14H,4-8H2,1-3H3. The zero-order valence-electron chi connectivity index (χ0n) is 9.69. The van der Waals surface area contributed by atoms with Gasteiger partial charge < -0.3 is 10.2 Å². The van der Waals surface area contributed by atoms with Crippen LogP contribution in [0.5, 0.6) is 0 Å². The van der Waals surface area contributed by atoms with Crippen molar-refractivity contribution in [2.45, 2.75) is 38.9 Å². The van der Waals surface area contributed by atoms with Crippen LogP contribution in [0, 0.1) is 0 Å². The summed E-state index contributed by atoms with van der Waals surface area (Å²) >= 11 is 0. The third-order valence-electron chi connectivity index (χ3n) is 2.38. The van der Waals surface area contributed by atoms with Gasteiger partial charge in [0, 0.05) is 25.7 Å². The molecular formula is C10H21F3N2. The molecule has 0 spiro atoms. The van der Waals surface area contributed by atoms with Gasteiger partial charge in [-0.2, -0.15) is 13.2 Å². The molecule has 0 aliphatic carbocycles. The molecule has 15 heavy (non-hydrogen) atoms. The van der Waals surface area contributed by atoms with E-state index in [0.29, 0.717) is 12.6 Å². The Morgan fingerprint density at radius 3 is 2.33 bits per heavy atom. The summed E-state index contributed by atoms with van der Waals surface area (Å²) in [6.45, 7) is 5.61. The highest BCUT2D eigenvalue weighted by molar-refractivity contribution is 4.62. The molecule has 0 aromatic heterocycles. The zero-order chi connectivity index (χ0) is 11.9. The van der Waals surface area contributed by atoms with E-state index in [1.165, 1.54) is 0 Å². The number of rotatable bonds is 7. The molecule has 0 rings (SSSR count). The molecule has 5 heteroatoms. The van der Waals surface area contributed by atoms with Gasteiger partial charge in [0.05, 0.1) is 6.42 Å². The molecule has 0 saturated carbocycles. The molecule has 0 aliphatic heterocycles. The Balaban J connectivity index is 3.45. The minimum atomic E-state index is -4.04. The van der Waals surface area contributed by atoms with Crippen molar-refractivity contribution in [3.05, 3.63) is 0 Å². The van der Waals surface area contributed by atoms with E-state index in [2.05, 4.69) is 19.2 Å². The van der Waals surface area contributed by atoms with E-state index in [-0.39, 0.29) is 6.54 Å². The molecule has 2 nitrogen and oxygen atoms in total. The number of nitrogens with zero attached hydrogens (tertiary/aromatic N) is 1. The van der Waals surface area contributed by atoms with Crippen molar-refractivity contribution in [3.8, 4) is 0 Å². The van der Waals surface area contributed by atoms with Crippen LogP contribution in [-0.2, 0) is 0 Å². The first kappa shape index (κ1) is 14.7. The molecule has 1 unspecified atom stereocenters. The van der Waals surface area contributed by atoms with Crippen LogP contribution in [0.2, 0.25) is 0 Å². The van der Waals surface area contributed by atoms with Crippen LogP contribution in [0.4, 0.5) is 13.2 Å². The topological polar surface area (TPSA) is 15.3 Å². The molecule has 0 saturated heterocycles. The van der Waals surface area contributed by atoms with Crippen LogP contribution >= 0.6 is 0 Å². The molecule has 0 amide bonds. The number of alkyl halides is 3. The van der Waals surface area contributed by atoms with Crippen molar-refractivity contribution < 1.29 is 13.2 Å². The van der Waals surface area contributed by atoms with Gasteiger partial charge in [-0.3, -0.25) is 0 Å². The van der Waals surface area contributed by atoms with E-state index >= 15 is 0 Å². The van der Waals surface area contributed by atoms with Crippen LogP contribution in [0.25, 0.3) is 0 Å². The second-order valence-corrected chi connectivity index (χ2v) is 3.93. The monoisotopic (exact) mass is 226 g/mol. The lowest BCUT2D eigenvalue weighted by Gasteiger charge is -2.19. The molecule has 1 atom stereocenters. The molecule has 0 aromatic rings. The average Bonchev–Trinajstić information content (AvgIpc) is 2.13. The largest absolute Gasteiger partial charge is 0.390 e. The highest BCUT2D eigenvalue weighted by Gasteiger charge is 2.26. The maximum absolute atomic E-state index is 11.9. The summed E-state index contributed by atoms with van der Waals surface area (Å²) in [4.78, 5) is 1.70. The zero-order valence-corrected chi connectivity index (χ0v) is 9.69. The first-order chi connectivity index (χ1) is 6.85. The molecule has 0 aliphatic rings. The first-order valence-electron chi connectivity index (χ1n) is 5.34. The smallest absolute Gasteiger partial charge is 0.313 e. The SMILES string of the molecule is CCC(C)NCCN(C)CCC(F)(F)F. The van der Waals surface area contributed by atoms with Crippen LogP contribution < -0.4 is 5.32 Å². The van der Waals surface area contributed by atoms with Crippen LogP contribution in [-0.4, -0.2) is 43.8 Å². The average molecular weight is 226 g/mol. The summed E-state index contributed by atoms with van der Waals surface area (Å²) in [5, 5.41) is 3.24. The Morgan fingerprint density at radius 1 is 1.27 bits per heavy atom. The Hall–Kier alpha value is -0.290. The van der Waals surface area contributed by atoms with E-state index in [1.807, 2.05) is 0 Å². The molecule has 1 N–H and O–H groups in total. The number of likely N-dealkylation sites (N-methyl/N-ethyl adjacent to an activating group) is 1. The van der Waals surface area contributed by atoms with Crippen molar-refractivity contribution in [2.24, 2.45) is 0 Å². The molecule has 0 fully saturated rings. The van der Waals surface area contributed by atoms with Gasteiger partial charge in [0.15, 0.2) is 0 Å². The number of nitrogens with one attached hydrogen (secondary N) is 1. The van der Waals surface area contributed by atoms with E-state index < -0.39 is 12.6 Å². The third kappa shape index (κ3) is 10.0. The molecule has 0 radical (unpaired) electrons. The van der Waals surface area contributed by atoms with Crippen LogP contribution in [0.1, 0.15) is 26.7 Å². The normalized spacial score (nSPS) is 14.6. The summed E-state index contributed by atoms with van der Waals surface area (Å²) in [5.74, 6) is 0. The van der Waals surface area contributed by atoms with Gasteiger partial charge in [-0.05, 0) is 20.4 Å². The Kier molecular flexibility index (Phi) is 6.92. The quantitative estimate of drug-likeness (QED) is 0.716. The maximum Gasteiger partial charge on any atom is 0.390 e. The van der Waals surface area contributed by atoms with Crippen molar-refractivity contribution in [1.82, 2.24) is 10.2 Å². The van der Waals surface area contributed by atoms with Gasteiger partial charge in [-0.1, -0.05) is 6.92 Å². The fourth-order valence-corrected chi connectivity index (χ4v) is 1.08. The lowest BCUT2D eigenvalue weighted by atomic mass is 10.2. The highest BCUT2D eigenvalue weighted by atomic mass is 19.4. The predicted octanol–water partition coefficient (Wildman–Crippen LogP) is 2.26. The summed E-state index contributed by atoms with van der Waals surface area (Å²) in [5.41, 5.74) is 0. The second kappa shape index (κ2) is 7.06. The summed E-state index contributed by atoms with van der Waals surface area (Å²) < 4.78 is 35.6. The van der Waals surface area contributed by atoms with Crippen molar-refractivity contribution >= 4 is 0 Å². The molecule has 0 aromatic carbocycles. The van der Waals surface area contributed by atoms with E-state index in [9.17, 15) is 13.2 Å². The van der Waals surface area contributed by atoms with Crippen LogP contribution in [0.15, 0.2) is 0 Å². The van der Waals surface area contributed by atoms with E-state index in [0.717, 1.165) is 13.0 Å². The molecule has 92 valence electrons. The minimum Gasteiger partial charge on any atom is -0.313 e. The third-order valence-corrected chi connectivity index (χ3v) is 2.38. The lowest BCUT2D eigenvalue weighted by molar-refractivity contribution is -0.137. The van der Waals surface area contributed by atoms with Gasteiger partial charge in [-0.15, -0.1) is 0 Å². The van der Waals surface area contributed by atoms with Gasteiger partial charge >= 0.3 is 6.18 Å². The summed E-state index contributed by atoms with van der Waals surface area (Å²) in [7, 11) is 1.71. The Labute approximate surface area is 89.8 Å². The van der Waals surface area contributed by atoms with Crippen molar-refractivity contribution in [1.29, 1.82) is 0 Å². The van der Waals surface area contributed by atoms with Gasteiger partial charge in [-0.25, -0.2) is 0 Å². The summed E-state index contributed by atoms with van der Waals surface area (Å²) in [6, 6.07) is 0.431. The fourth-order valence-electron chi connectivity index (χ4n) is 1.08. The minimum absolute atomic E-state index is 0.0751. The van der Waals surface area contributed by atoms with Crippen molar-refractivity contribution in [2.75, 3.05) is 26.7 Å². The second-order valence-electron chi connectivity index (χ2n) is 3.93. The maximum atomic E-state index is 11.9. The van der Waals surface area contributed by atoms with Crippen LogP contribution in [0.3, 0.4) is 0 Å². The molecule has 0 bridgehead atoms. The number of hydrogen-bond acceptors (Lipinski definition) is 2. The number of hydrogen-bond donors (Lipinski definition) is 1. The Morgan fingerprint density at radius 2 is 1.87 bits per heavy atom. The highest BCUT2D eigenvalue weighted by Crippen LogP contribution is 2.19. The van der Waals surface area contributed by atoms with Gasteiger partial charge in [0.25, 0.3) is 0 Å². The lowest BCUT2D eigenvalue weighted by Crippen LogP contribution is -2.35. The fraction of sp³-hybridized carbons (Fsp3) is 1.00. The van der Waals surface area contributed by atoms with Gasteiger partial charge in [0.1, 0.15) is 0 Å². The van der Waals surface area contributed by atoms with E-state index in [1.54, 1.807) is 11.9 Å². The Bertz CT molecular complexity index is 159. The predicted molar refractivity (Wildman–Crippen MR) is 55.9 cm³/mol.